The van der Waals surface area contributed by atoms with Crippen LogP contribution in [0.1, 0.15) is 33.3 Å². The Morgan fingerprint density at radius 3 is 1.85 bits per heavy atom. The van der Waals surface area contributed by atoms with Gasteiger partial charge in [0, 0.05) is 26.1 Å². The van der Waals surface area contributed by atoms with Gasteiger partial charge < -0.3 is 19.7 Å². The lowest BCUT2D eigenvalue weighted by molar-refractivity contribution is -0.167. The summed E-state index contributed by atoms with van der Waals surface area (Å²) in [6, 6.07) is 5.24. The SMILES string of the molecule is CCOC(=O)C(C(=O)OCC)N(Cc1ccc(NC(C)=O)cc1)C(C)=O. The molecule has 0 spiro atoms. The van der Waals surface area contributed by atoms with Gasteiger partial charge in [-0.15, -0.1) is 0 Å². The first-order chi connectivity index (χ1) is 12.3. The highest BCUT2D eigenvalue weighted by Gasteiger charge is 2.37. The van der Waals surface area contributed by atoms with Crippen LogP contribution in [0.2, 0.25) is 0 Å². The molecule has 0 unspecified atom stereocenters. The van der Waals surface area contributed by atoms with Crippen LogP contribution in [0.25, 0.3) is 0 Å². The largest absolute Gasteiger partial charge is 0.464 e. The fourth-order valence-corrected chi connectivity index (χ4v) is 2.27. The van der Waals surface area contributed by atoms with Crippen LogP contribution in [0.5, 0.6) is 0 Å². The average molecular weight is 364 g/mol. The summed E-state index contributed by atoms with van der Waals surface area (Å²) < 4.78 is 9.84. The highest BCUT2D eigenvalue weighted by atomic mass is 16.6. The molecule has 0 bridgehead atoms. The second-order valence-corrected chi connectivity index (χ2v) is 5.43. The molecule has 0 heterocycles. The Bertz CT molecular complexity index is 638. The van der Waals surface area contributed by atoms with Gasteiger partial charge in [0.05, 0.1) is 13.2 Å². The third-order valence-corrected chi connectivity index (χ3v) is 3.36. The van der Waals surface area contributed by atoms with Crippen LogP contribution in [0.4, 0.5) is 5.69 Å². The van der Waals surface area contributed by atoms with Gasteiger partial charge in [-0.3, -0.25) is 9.59 Å². The molecule has 1 N–H and O–H groups in total. The van der Waals surface area contributed by atoms with E-state index in [1.807, 2.05) is 0 Å². The van der Waals surface area contributed by atoms with Crippen molar-refractivity contribution in [3.8, 4) is 0 Å². The van der Waals surface area contributed by atoms with E-state index in [1.165, 1.54) is 13.8 Å². The summed E-state index contributed by atoms with van der Waals surface area (Å²) in [7, 11) is 0. The second-order valence-electron chi connectivity index (χ2n) is 5.43. The van der Waals surface area contributed by atoms with Crippen molar-refractivity contribution in [3.63, 3.8) is 0 Å². The van der Waals surface area contributed by atoms with Crippen molar-refractivity contribution in [2.45, 2.75) is 40.3 Å². The lowest BCUT2D eigenvalue weighted by Gasteiger charge is -2.27. The predicted octanol–water partition coefficient (Wildman–Crippen LogP) is 1.49. The minimum atomic E-state index is -1.47. The van der Waals surface area contributed by atoms with Crippen molar-refractivity contribution in [1.82, 2.24) is 4.90 Å². The van der Waals surface area contributed by atoms with Crippen molar-refractivity contribution < 1.29 is 28.7 Å². The molecule has 8 nitrogen and oxygen atoms in total. The zero-order valence-electron chi connectivity index (χ0n) is 15.4. The fourth-order valence-electron chi connectivity index (χ4n) is 2.27. The zero-order chi connectivity index (χ0) is 19.7. The highest BCUT2D eigenvalue weighted by Crippen LogP contribution is 2.15. The molecule has 1 aromatic rings. The van der Waals surface area contributed by atoms with E-state index < -0.39 is 23.9 Å². The standard InChI is InChI=1S/C18H24N2O6/c1-5-25-17(23)16(18(24)26-6-2)20(13(4)22)11-14-7-9-15(10-8-14)19-12(3)21/h7-10,16H,5-6,11H2,1-4H3,(H,19,21). The first-order valence-corrected chi connectivity index (χ1v) is 8.27. The Kier molecular flexibility index (Phi) is 8.27. The van der Waals surface area contributed by atoms with E-state index in [1.54, 1.807) is 38.1 Å². The summed E-state index contributed by atoms with van der Waals surface area (Å²) in [5.74, 6) is -2.35. The van der Waals surface area contributed by atoms with Crippen LogP contribution in [-0.4, -0.2) is 47.9 Å². The van der Waals surface area contributed by atoms with Gasteiger partial charge in [0.15, 0.2) is 0 Å². The summed E-state index contributed by atoms with van der Waals surface area (Å²) in [5, 5.41) is 2.63. The van der Waals surface area contributed by atoms with Crippen LogP contribution in [0, 0.1) is 0 Å². The smallest absolute Gasteiger partial charge is 0.340 e. The van der Waals surface area contributed by atoms with E-state index in [9.17, 15) is 19.2 Å². The first-order valence-electron chi connectivity index (χ1n) is 8.27. The molecule has 0 saturated carbocycles. The molecule has 0 aliphatic rings. The number of anilines is 1. The van der Waals surface area contributed by atoms with E-state index in [0.717, 1.165) is 4.90 Å². The van der Waals surface area contributed by atoms with Crippen molar-refractivity contribution in [1.29, 1.82) is 0 Å². The number of esters is 2. The number of nitrogens with zero attached hydrogens (tertiary/aromatic N) is 1. The van der Waals surface area contributed by atoms with Gasteiger partial charge in [0.2, 0.25) is 17.9 Å². The predicted molar refractivity (Wildman–Crippen MR) is 94.0 cm³/mol. The van der Waals surface area contributed by atoms with Gasteiger partial charge >= 0.3 is 11.9 Å². The molecule has 0 fully saturated rings. The number of rotatable bonds is 8. The molecule has 0 saturated heterocycles. The third kappa shape index (κ3) is 6.19. The van der Waals surface area contributed by atoms with E-state index >= 15 is 0 Å². The topological polar surface area (TPSA) is 102 Å². The molecule has 8 heteroatoms. The molecule has 26 heavy (non-hydrogen) atoms. The minimum absolute atomic E-state index is 0.0119. The lowest BCUT2D eigenvalue weighted by atomic mass is 10.1. The Morgan fingerprint density at radius 2 is 1.46 bits per heavy atom. The van der Waals surface area contributed by atoms with Crippen molar-refractivity contribution in [3.05, 3.63) is 29.8 Å². The molecule has 1 aromatic carbocycles. The van der Waals surface area contributed by atoms with Gasteiger partial charge in [0.25, 0.3) is 0 Å². The average Bonchev–Trinajstić information content (AvgIpc) is 2.55. The second kappa shape index (κ2) is 10.2. The van der Waals surface area contributed by atoms with E-state index in [2.05, 4.69) is 5.32 Å². The third-order valence-electron chi connectivity index (χ3n) is 3.36. The van der Waals surface area contributed by atoms with Crippen LogP contribution < -0.4 is 5.32 Å². The Balaban J connectivity index is 3.06. The number of nitrogens with one attached hydrogen (secondary N) is 1. The molecule has 2 amide bonds. The number of amides is 2. The van der Waals surface area contributed by atoms with Crippen LogP contribution in [0.15, 0.2) is 24.3 Å². The molecule has 1 rings (SSSR count). The Labute approximate surface area is 152 Å². The number of benzene rings is 1. The maximum absolute atomic E-state index is 12.2. The summed E-state index contributed by atoms with van der Waals surface area (Å²) in [6.45, 7) is 6.04. The molecule has 142 valence electrons. The highest BCUT2D eigenvalue weighted by molar-refractivity contribution is 6.02. The van der Waals surface area contributed by atoms with Gasteiger partial charge in [-0.2, -0.15) is 0 Å². The van der Waals surface area contributed by atoms with Gasteiger partial charge in [0.1, 0.15) is 0 Å². The maximum atomic E-state index is 12.2. The minimum Gasteiger partial charge on any atom is -0.464 e. The number of hydrogen-bond donors (Lipinski definition) is 1. The summed E-state index contributed by atoms with van der Waals surface area (Å²) >= 11 is 0. The molecule has 0 atom stereocenters. The molecule has 0 radical (unpaired) electrons. The molecule has 0 aromatic heterocycles. The summed E-state index contributed by atoms with van der Waals surface area (Å²) in [4.78, 5) is 48.6. The maximum Gasteiger partial charge on any atom is 0.340 e. The zero-order valence-corrected chi connectivity index (χ0v) is 15.4. The quantitative estimate of drug-likeness (QED) is 0.554. The summed E-state index contributed by atoms with van der Waals surface area (Å²) in [5.41, 5.74) is 1.27. The Hall–Kier alpha value is -2.90. The monoisotopic (exact) mass is 364 g/mol. The van der Waals surface area contributed by atoms with E-state index in [-0.39, 0.29) is 25.7 Å². The first kappa shape index (κ1) is 21.1. The van der Waals surface area contributed by atoms with Crippen molar-refractivity contribution >= 4 is 29.4 Å². The Morgan fingerprint density at radius 1 is 0.962 bits per heavy atom. The van der Waals surface area contributed by atoms with E-state index in [4.69, 9.17) is 9.47 Å². The molecule has 0 aliphatic heterocycles. The number of carbonyl (C=O) groups excluding carboxylic acids is 4. The summed E-state index contributed by atoms with van der Waals surface area (Å²) in [6.07, 6.45) is 0. The van der Waals surface area contributed by atoms with Gasteiger partial charge in [-0.25, -0.2) is 9.59 Å². The van der Waals surface area contributed by atoms with E-state index in [0.29, 0.717) is 11.3 Å². The molecular formula is C18H24N2O6. The fraction of sp³-hybridized carbons (Fsp3) is 0.444. The number of ether oxygens (including phenoxy) is 2. The molecule has 0 aliphatic carbocycles. The lowest BCUT2D eigenvalue weighted by Crippen LogP contribution is -2.50. The molecular weight excluding hydrogens is 340 g/mol. The van der Waals surface area contributed by atoms with Crippen molar-refractivity contribution in [2.75, 3.05) is 18.5 Å². The normalized spacial score (nSPS) is 10.2. The van der Waals surface area contributed by atoms with Gasteiger partial charge in [-0.1, -0.05) is 12.1 Å². The van der Waals surface area contributed by atoms with Crippen LogP contribution in [-0.2, 0) is 35.2 Å². The number of carbonyl (C=O) groups is 4. The van der Waals surface area contributed by atoms with Crippen LogP contribution in [0.3, 0.4) is 0 Å². The van der Waals surface area contributed by atoms with Crippen LogP contribution >= 0.6 is 0 Å². The van der Waals surface area contributed by atoms with Crippen molar-refractivity contribution in [2.24, 2.45) is 0 Å². The number of hydrogen-bond acceptors (Lipinski definition) is 6. The van der Waals surface area contributed by atoms with Gasteiger partial charge in [-0.05, 0) is 31.5 Å².